The Morgan fingerprint density at radius 1 is 1.21 bits per heavy atom. The molecule has 2 fully saturated rings. The molecule has 160 valence electrons. The number of halogens is 3. The molecule has 3 atom stereocenters. The maximum absolute atomic E-state index is 13.3. The van der Waals surface area contributed by atoms with Crippen LogP contribution >= 0.6 is 0 Å². The van der Waals surface area contributed by atoms with Crippen LogP contribution in [0.1, 0.15) is 37.3 Å². The minimum atomic E-state index is -4.30. The molecule has 9 heteroatoms. The smallest absolute Gasteiger partial charge is 0.331 e. The molecular formula is C20H25F3N2O3S. The van der Waals surface area contributed by atoms with Gasteiger partial charge in [0.1, 0.15) is 0 Å². The van der Waals surface area contributed by atoms with Crippen molar-refractivity contribution < 1.29 is 26.4 Å². The molecule has 1 aliphatic carbocycles. The number of carbonyl (C=O) groups is 1. The molecule has 1 aromatic carbocycles. The lowest BCUT2D eigenvalue weighted by molar-refractivity contribution is -0.188. The SMILES string of the molecule is CS(=O)(=O)/C=C/C(NC(=O)N1CC[C@H](C(F)(F)F)C[C@@H]1c1ccccc1)C1CC1. The van der Waals surface area contributed by atoms with Gasteiger partial charge in [-0.25, -0.2) is 13.2 Å². The van der Waals surface area contributed by atoms with Gasteiger partial charge in [0.2, 0.25) is 0 Å². The number of nitrogens with zero attached hydrogens (tertiary/aromatic N) is 1. The number of alkyl halides is 3. The minimum Gasteiger partial charge on any atom is -0.331 e. The second-order valence-corrected chi connectivity index (χ2v) is 9.78. The molecule has 2 aliphatic rings. The highest BCUT2D eigenvalue weighted by molar-refractivity contribution is 7.93. The van der Waals surface area contributed by atoms with Crippen molar-refractivity contribution in [3.8, 4) is 0 Å². The molecule has 5 nitrogen and oxygen atoms in total. The standard InChI is InChI=1S/C20H25F3N2O3S/c1-29(27,28)12-10-17(14-7-8-14)24-19(26)25-11-9-16(20(21,22)23)13-18(25)15-5-3-2-4-6-15/h2-6,10,12,14,16-18H,7-9,11,13H2,1H3,(H,24,26)/b12-10+/t16-,17?,18+/m0/s1. The lowest BCUT2D eigenvalue weighted by atomic mass is 9.87. The topological polar surface area (TPSA) is 66.5 Å². The van der Waals surface area contributed by atoms with Crippen LogP contribution in [0, 0.1) is 11.8 Å². The molecule has 1 saturated carbocycles. The van der Waals surface area contributed by atoms with Gasteiger partial charge in [0.15, 0.2) is 9.84 Å². The van der Waals surface area contributed by atoms with Crippen molar-refractivity contribution in [2.75, 3.05) is 12.8 Å². The van der Waals surface area contributed by atoms with E-state index >= 15 is 0 Å². The highest BCUT2D eigenvalue weighted by atomic mass is 32.2. The van der Waals surface area contributed by atoms with Gasteiger partial charge in [0.25, 0.3) is 0 Å². The summed E-state index contributed by atoms with van der Waals surface area (Å²) in [4.78, 5) is 14.4. The van der Waals surface area contributed by atoms with Gasteiger partial charge in [-0.3, -0.25) is 0 Å². The van der Waals surface area contributed by atoms with Crippen LogP contribution in [0.2, 0.25) is 0 Å². The first-order valence-electron chi connectivity index (χ1n) is 9.61. The van der Waals surface area contributed by atoms with Crippen molar-refractivity contribution >= 4 is 15.9 Å². The molecule has 0 spiro atoms. The maximum Gasteiger partial charge on any atom is 0.391 e. The van der Waals surface area contributed by atoms with Gasteiger partial charge in [-0.15, -0.1) is 0 Å². The average Bonchev–Trinajstić information content (AvgIpc) is 3.49. The maximum atomic E-state index is 13.3. The number of sulfone groups is 1. The number of rotatable bonds is 5. The summed E-state index contributed by atoms with van der Waals surface area (Å²) in [5.74, 6) is -1.30. The largest absolute Gasteiger partial charge is 0.391 e. The quantitative estimate of drug-likeness (QED) is 0.767. The molecule has 29 heavy (non-hydrogen) atoms. The first-order chi connectivity index (χ1) is 13.5. The average molecular weight is 430 g/mol. The monoisotopic (exact) mass is 430 g/mol. The first kappa shape index (κ1) is 21.7. The van der Waals surface area contributed by atoms with Crippen molar-refractivity contribution in [1.29, 1.82) is 0 Å². The summed E-state index contributed by atoms with van der Waals surface area (Å²) >= 11 is 0. The van der Waals surface area contributed by atoms with Gasteiger partial charge in [0.05, 0.1) is 18.0 Å². The fourth-order valence-corrected chi connectivity index (χ4v) is 4.18. The second kappa shape index (κ2) is 8.38. The van der Waals surface area contributed by atoms with Gasteiger partial charge in [0, 0.05) is 18.2 Å². The zero-order valence-electron chi connectivity index (χ0n) is 16.1. The molecule has 0 radical (unpaired) electrons. The van der Waals surface area contributed by atoms with E-state index in [2.05, 4.69) is 5.32 Å². The Labute approximate surface area is 168 Å². The molecule has 0 aromatic heterocycles. The summed E-state index contributed by atoms with van der Waals surface area (Å²) in [5, 5.41) is 3.90. The van der Waals surface area contributed by atoms with Crippen LogP contribution in [0.25, 0.3) is 0 Å². The molecule has 3 rings (SSSR count). The van der Waals surface area contributed by atoms with E-state index in [1.165, 1.54) is 11.0 Å². The van der Waals surface area contributed by atoms with Crippen molar-refractivity contribution in [3.63, 3.8) is 0 Å². The number of nitrogens with one attached hydrogen (secondary N) is 1. The third-order valence-electron chi connectivity index (χ3n) is 5.46. The number of amides is 2. The third-order valence-corrected chi connectivity index (χ3v) is 6.12. The molecule has 1 heterocycles. The zero-order valence-corrected chi connectivity index (χ0v) is 16.9. The summed E-state index contributed by atoms with van der Waals surface area (Å²) < 4.78 is 62.8. The highest BCUT2D eigenvalue weighted by Crippen LogP contribution is 2.42. The molecule has 2 amide bonds. The summed E-state index contributed by atoms with van der Waals surface area (Å²) in [7, 11) is -3.33. The van der Waals surface area contributed by atoms with Crippen LogP contribution in [0.15, 0.2) is 41.8 Å². The van der Waals surface area contributed by atoms with E-state index in [1.807, 2.05) is 0 Å². The van der Waals surface area contributed by atoms with E-state index in [-0.39, 0.29) is 25.3 Å². The number of urea groups is 1. The van der Waals surface area contributed by atoms with E-state index in [4.69, 9.17) is 0 Å². The Morgan fingerprint density at radius 3 is 2.41 bits per heavy atom. The van der Waals surface area contributed by atoms with E-state index in [0.717, 1.165) is 24.5 Å². The second-order valence-electron chi connectivity index (χ2n) is 7.85. The molecule has 1 aromatic rings. The summed E-state index contributed by atoms with van der Waals surface area (Å²) in [6.45, 7) is -0.0112. The fourth-order valence-electron chi connectivity index (χ4n) is 3.73. The summed E-state index contributed by atoms with van der Waals surface area (Å²) in [6.07, 6.45) is -0.353. The van der Waals surface area contributed by atoms with Crippen LogP contribution < -0.4 is 5.32 Å². The first-order valence-corrected chi connectivity index (χ1v) is 11.6. The number of hydrogen-bond acceptors (Lipinski definition) is 3. The number of benzene rings is 1. The van der Waals surface area contributed by atoms with Crippen molar-refractivity contribution in [2.45, 2.75) is 43.9 Å². The number of likely N-dealkylation sites (tertiary alicyclic amines) is 1. The minimum absolute atomic E-state index is 0.0112. The lowest BCUT2D eigenvalue weighted by Gasteiger charge is -2.40. The van der Waals surface area contributed by atoms with Crippen LogP contribution in [0.5, 0.6) is 0 Å². The molecule has 1 saturated heterocycles. The van der Waals surface area contributed by atoms with Crippen LogP contribution in [-0.2, 0) is 9.84 Å². The molecule has 0 bridgehead atoms. The van der Waals surface area contributed by atoms with E-state index in [0.29, 0.717) is 5.56 Å². The van der Waals surface area contributed by atoms with Crippen molar-refractivity contribution in [2.24, 2.45) is 11.8 Å². The molecule has 1 unspecified atom stereocenters. The van der Waals surface area contributed by atoms with Crippen molar-refractivity contribution in [1.82, 2.24) is 10.2 Å². The van der Waals surface area contributed by atoms with Gasteiger partial charge in [-0.2, -0.15) is 13.2 Å². The summed E-state index contributed by atoms with van der Waals surface area (Å²) in [5.41, 5.74) is 0.659. The predicted octanol–water partition coefficient (Wildman–Crippen LogP) is 4.05. The zero-order chi connectivity index (χ0) is 21.2. The van der Waals surface area contributed by atoms with Crippen LogP contribution in [0.3, 0.4) is 0 Å². The normalized spacial score (nSPS) is 24.5. The number of carbonyl (C=O) groups excluding carboxylic acids is 1. The van der Waals surface area contributed by atoms with Gasteiger partial charge in [-0.1, -0.05) is 36.4 Å². The molecular weight excluding hydrogens is 405 g/mol. The Hall–Kier alpha value is -2.03. The van der Waals surface area contributed by atoms with Gasteiger partial charge < -0.3 is 10.2 Å². The van der Waals surface area contributed by atoms with Gasteiger partial charge in [-0.05, 0) is 37.2 Å². The molecule has 1 N–H and O–H groups in total. The van der Waals surface area contributed by atoms with Gasteiger partial charge >= 0.3 is 12.2 Å². The van der Waals surface area contributed by atoms with E-state index < -0.39 is 40.0 Å². The van der Waals surface area contributed by atoms with Crippen molar-refractivity contribution in [3.05, 3.63) is 47.4 Å². The van der Waals surface area contributed by atoms with Crippen LogP contribution in [0.4, 0.5) is 18.0 Å². The number of hydrogen-bond donors (Lipinski definition) is 1. The Morgan fingerprint density at radius 2 is 1.86 bits per heavy atom. The Bertz CT molecular complexity index is 851. The lowest BCUT2D eigenvalue weighted by Crippen LogP contribution is -2.50. The Kier molecular flexibility index (Phi) is 6.26. The van der Waals surface area contributed by atoms with E-state index in [9.17, 15) is 26.4 Å². The molecule has 1 aliphatic heterocycles. The van der Waals surface area contributed by atoms with E-state index in [1.54, 1.807) is 30.3 Å². The predicted molar refractivity (Wildman–Crippen MR) is 104 cm³/mol. The summed E-state index contributed by atoms with van der Waals surface area (Å²) in [6, 6.07) is 7.11. The fraction of sp³-hybridized carbons (Fsp3) is 0.550. The number of piperidine rings is 1. The van der Waals surface area contributed by atoms with Crippen LogP contribution in [-0.4, -0.2) is 44.4 Å². The third kappa shape index (κ3) is 5.98. The highest BCUT2D eigenvalue weighted by Gasteiger charge is 2.46. The Balaban J connectivity index is 1.79.